The highest BCUT2D eigenvalue weighted by atomic mass is 16.3. The van der Waals surface area contributed by atoms with Crippen LogP contribution in [0.3, 0.4) is 0 Å². The van der Waals surface area contributed by atoms with Crippen LogP contribution in [0.25, 0.3) is 0 Å². The number of aliphatic hydroxyl groups excluding tert-OH is 1. The fraction of sp³-hybridized carbons (Fsp3) is 0.571. The largest absolute Gasteiger partial charge is 0.396 e. The predicted octanol–water partition coefficient (Wildman–Crippen LogP) is 3.26. The molecule has 0 bridgehead atoms. The summed E-state index contributed by atoms with van der Waals surface area (Å²) in [5.41, 5.74) is 2.94. The van der Waals surface area contributed by atoms with E-state index in [1.165, 1.54) is 36.8 Å². The van der Waals surface area contributed by atoms with Gasteiger partial charge in [0.15, 0.2) is 0 Å². The Kier molecular flexibility index (Phi) is 3.42. The summed E-state index contributed by atoms with van der Waals surface area (Å²) in [4.78, 5) is 0. The average molecular weight is 204 g/mol. The molecule has 0 saturated heterocycles. The summed E-state index contributed by atoms with van der Waals surface area (Å²) >= 11 is 0. The predicted molar refractivity (Wildman–Crippen MR) is 63.0 cm³/mol. The van der Waals surface area contributed by atoms with E-state index in [2.05, 4.69) is 31.2 Å². The van der Waals surface area contributed by atoms with E-state index in [9.17, 15) is 0 Å². The van der Waals surface area contributed by atoms with Crippen molar-refractivity contribution in [2.24, 2.45) is 5.92 Å². The van der Waals surface area contributed by atoms with Crippen molar-refractivity contribution in [3.05, 3.63) is 35.4 Å². The molecular formula is C14H20O. The number of hydrogen-bond acceptors (Lipinski definition) is 1. The van der Waals surface area contributed by atoms with Crippen LogP contribution < -0.4 is 0 Å². The molecule has 1 aromatic rings. The maximum absolute atomic E-state index is 9.10. The van der Waals surface area contributed by atoms with E-state index in [0.29, 0.717) is 12.5 Å². The Labute approximate surface area is 92.1 Å². The van der Waals surface area contributed by atoms with Gasteiger partial charge in [-0.1, -0.05) is 24.3 Å². The molecule has 82 valence electrons. The maximum atomic E-state index is 9.10. The maximum Gasteiger partial charge on any atom is 0.0459 e. The minimum atomic E-state index is 0.375. The smallest absolute Gasteiger partial charge is 0.0459 e. The number of aliphatic hydroxyl groups is 1. The average Bonchev–Trinajstić information content (AvgIpc) is 2.30. The summed E-state index contributed by atoms with van der Waals surface area (Å²) in [6, 6.07) is 8.71. The molecule has 1 heteroatoms. The third-order valence-electron chi connectivity index (χ3n) is 3.73. The monoisotopic (exact) mass is 204 g/mol. The first-order valence-corrected chi connectivity index (χ1v) is 5.97. The molecule has 1 aliphatic rings. The van der Waals surface area contributed by atoms with E-state index in [0.717, 1.165) is 5.92 Å². The number of benzene rings is 1. The number of rotatable bonds is 2. The van der Waals surface area contributed by atoms with Crippen molar-refractivity contribution >= 4 is 0 Å². The molecule has 0 aliphatic heterocycles. The molecule has 0 amide bonds. The fourth-order valence-electron chi connectivity index (χ4n) is 2.70. The highest BCUT2D eigenvalue weighted by Gasteiger charge is 2.22. The van der Waals surface area contributed by atoms with Crippen molar-refractivity contribution in [3.8, 4) is 0 Å². The topological polar surface area (TPSA) is 20.2 Å². The summed E-state index contributed by atoms with van der Waals surface area (Å²) in [6.07, 6.45) is 4.87. The van der Waals surface area contributed by atoms with Gasteiger partial charge in [-0.3, -0.25) is 0 Å². The highest BCUT2D eigenvalue weighted by Crippen LogP contribution is 2.36. The van der Waals surface area contributed by atoms with Crippen LogP contribution >= 0.6 is 0 Å². The van der Waals surface area contributed by atoms with Gasteiger partial charge in [0.25, 0.3) is 0 Å². The molecule has 1 aromatic carbocycles. The fourth-order valence-corrected chi connectivity index (χ4v) is 2.70. The molecule has 15 heavy (non-hydrogen) atoms. The van der Waals surface area contributed by atoms with E-state index in [-0.39, 0.29) is 0 Å². The van der Waals surface area contributed by atoms with E-state index in [1.54, 1.807) is 0 Å². The lowest BCUT2D eigenvalue weighted by Crippen LogP contribution is -2.16. The number of aryl methyl sites for hydroxylation is 1. The number of hydrogen-bond donors (Lipinski definition) is 1. The standard InChI is InChI=1S/C14H20O/c1-11-4-2-3-5-14(11)13-8-6-12(10-15)7-9-13/h2-5,12-13,15H,6-10H2,1H3/t12-,13-. The van der Waals surface area contributed by atoms with E-state index in [1.807, 2.05) is 0 Å². The Hall–Kier alpha value is -0.820. The van der Waals surface area contributed by atoms with Gasteiger partial charge in [0.1, 0.15) is 0 Å². The van der Waals surface area contributed by atoms with Crippen LogP contribution in [-0.2, 0) is 0 Å². The van der Waals surface area contributed by atoms with Gasteiger partial charge in [-0.05, 0) is 55.6 Å². The van der Waals surface area contributed by atoms with Crippen LogP contribution in [0.4, 0.5) is 0 Å². The Morgan fingerprint density at radius 1 is 1.13 bits per heavy atom. The lowest BCUT2D eigenvalue weighted by atomic mass is 9.78. The van der Waals surface area contributed by atoms with Crippen LogP contribution in [0, 0.1) is 12.8 Å². The lowest BCUT2D eigenvalue weighted by Gasteiger charge is -2.28. The third-order valence-corrected chi connectivity index (χ3v) is 3.73. The minimum Gasteiger partial charge on any atom is -0.396 e. The summed E-state index contributed by atoms with van der Waals surface area (Å²) in [5, 5.41) is 9.10. The van der Waals surface area contributed by atoms with Gasteiger partial charge in [0.2, 0.25) is 0 Å². The zero-order valence-corrected chi connectivity index (χ0v) is 9.45. The van der Waals surface area contributed by atoms with Crippen molar-refractivity contribution in [3.63, 3.8) is 0 Å². The van der Waals surface area contributed by atoms with Gasteiger partial charge in [-0.2, -0.15) is 0 Å². The van der Waals surface area contributed by atoms with Crippen molar-refractivity contribution in [2.75, 3.05) is 6.61 Å². The van der Waals surface area contributed by atoms with Crippen LogP contribution in [0.15, 0.2) is 24.3 Å². The van der Waals surface area contributed by atoms with Crippen molar-refractivity contribution in [1.29, 1.82) is 0 Å². The van der Waals surface area contributed by atoms with Gasteiger partial charge in [-0.15, -0.1) is 0 Å². The molecule has 0 spiro atoms. The van der Waals surface area contributed by atoms with Gasteiger partial charge >= 0.3 is 0 Å². The molecule has 1 N–H and O–H groups in total. The molecule has 1 aliphatic carbocycles. The Morgan fingerprint density at radius 3 is 2.40 bits per heavy atom. The van der Waals surface area contributed by atoms with Gasteiger partial charge in [0.05, 0.1) is 0 Å². The molecule has 2 rings (SSSR count). The molecule has 0 atom stereocenters. The van der Waals surface area contributed by atoms with E-state index in [4.69, 9.17) is 5.11 Å². The quantitative estimate of drug-likeness (QED) is 0.784. The van der Waals surface area contributed by atoms with Crippen LogP contribution in [0.2, 0.25) is 0 Å². The van der Waals surface area contributed by atoms with Crippen LogP contribution in [0.1, 0.15) is 42.7 Å². The summed E-state index contributed by atoms with van der Waals surface area (Å²) in [6.45, 7) is 2.58. The van der Waals surface area contributed by atoms with Crippen molar-refractivity contribution in [2.45, 2.75) is 38.5 Å². The molecule has 1 fully saturated rings. The normalized spacial score (nSPS) is 26.5. The second kappa shape index (κ2) is 4.80. The summed E-state index contributed by atoms with van der Waals surface area (Å²) < 4.78 is 0. The first-order valence-electron chi connectivity index (χ1n) is 5.97. The Morgan fingerprint density at radius 2 is 1.80 bits per heavy atom. The van der Waals surface area contributed by atoms with Gasteiger partial charge in [0, 0.05) is 6.61 Å². The molecule has 1 nitrogen and oxygen atoms in total. The first kappa shape index (κ1) is 10.7. The SMILES string of the molecule is Cc1ccccc1[C@H]1CC[C@H](CO)CC1. The zero-order chi connectivity index (χ0) is 10.7. The molecule has 0 radical (unpaired) electrons. The summed E-state index contributed by atoms with van der Waals surface area (Å²) in [7, 11) is 0. The molecule has 0 aromatic heterocycles. The zero-order valence-electron chi connectivity index (χ0n) is 9.45. The van der Waals surface area contributed by atoms with Crippen LogP contribution in [0.5, 0.6) is 0 Å². The Bertz CT molecular complexity index is 311. The molecule has 1 saturated carbocycles. The first-order chi connectivity index (χ1) is 7.31. The second-order valence-electron chi connectivity index (χ2n) is 4.76. The highest BCUT2D eigenvalue weighted by molar-refractivity contribution is 5.29. The second-order valence-corrected chi connectivity index (χ2v) is 4.76. The summed E-state index contributed by atoms with van der Waals surface area (Å²) in [5.74, 6) is 1.29. The molecule has 0 unspecified atom stereocenters. The van der Waals surface area contributed by atoms with Crippen molar-refractivity contribution in [1.82, 2.24) is 0 Å². The van der Waals surface area contributed by atoms with Crippen LogP contribution in [-0.4, -0.2) is 11.7 Å². The lowest BCUT2D eigenvalue weighted by molar-refractivity contribution is 0.182. The Balaban J connectivity index is 2.04. The van der Waals surface area contributed by atoms with E-state index < -0.39 is 0 Å². The van der Waals surface area contributed by atoms with E-state index >= 15 is 0 Å². The molecule has 0 heterocycles. The van der Waals surface area contributed by atoms with Crippen molar-refractivity contribution < 1.29 is 5.11 Å². The van der Waals surface area contributed by atoms with Gasteiger partial charge < -0.3 is 5.11 Å². The third kappa shape index (κ3) is 2.40. The molecular weight excluding hydrogens is 184 g/mol. The van der Waals surface area contributed by atoms with Gasteiger partial charge in [-0.25, -0.2) is 0 Å². The minimum absolute atomic E-state index is 0.375.